The number of benzene rings is 2. The van der Waals surface area contributed by atoms with Gasteiger partial charge in [0.05, 0.1) is 10.7 Å². The normalized spacial score (nSPS) is 11.3. The number of hydrogen-bond donors (Lipinski definition) is 2. The van der Waals surface area contributed by atoms with Crippen LogP contribution >= 0.6 is 11.6 Å². The Bertz CT molecular complexity index is 961. The summed E-state index contributed by atoms with van der Waals surface area (Å²) in [4.78, 5) is 8.19. The predicted molar refractivity (Wildman–Crippen MR) is 101 cm³/mol. The minimum Gasteiger partial charge on any atom is -0.485 e. The molecule has 3 aromatic rings. The average molecular weight is 389 g/mol. The minimum atomic E-state index is -0.475. The zero-order chi connectivity index (χ0) is 19.2. The fourth-order valence-corrected chi connectivity index (χ4v) is 2.46. The van der Waals surface area contributed by atoms with E-state index in [9.17, 15) is 8.78 Å². The van der Waals surface area contributed by atoms with E-state index in [2.05, 4.69) is 15.3 Å². The Kier molecular flexibility index (Phi) is 5.83. The molecule has 0 aliphatic carbocycles. The van der Waals surface area contributed by atoms with Gasteiger partial charge in [0.1, 0.15) is 18.2 Å². The highest BCUT2D eigenvalue weighted by Crippen LogP contribution is 2.27. The van der Waals surface area contributed by atoms with E-state index >= 15 is 0 Å². The molecule has 5 nitrogen and oxygen atoms in total. The number of aromatic nitrogens is 1. The summed E-state index contributed by atoms with van der Waals surface area (Å²) in [6, 6.07) is 13.7. The number of hydrogen-bond acceptors (Lipinski definition) is 3. The molecule has 1 aromatic heterocycles. The van der Waals surface area contributed by atoms with Crippen LogP contribution in [0.4, 0.5) is 20.3 Å². The number of guanidine groups is 1. The van der Waals surface area contributed by atoms with E-state index in [1.165, 1.54) is 30.5 Å². The summed E-state index contributed by atoms with van der Waals surface area (Å²) in [5, 5.41) is 2.91. The fourth-order valence-electron chi connectivity index (χ4n) is 2.24. The lowest BCUT2D eigenvalue weighted by Crippen LogP contribution is -2.22. The highest BCUT2D eigenvalue weighted by atomic mass is 35.5. The molecular formula is C19H15ClF2N4O. The molecule has 0 atom stereocenters. The van der Waals surface area contributed by atoms with Crippen LogP contribution in [0.25, 0.3) is 0 Å². The highest BCUT2D eigenvalue weighted by molar-refractivity contribution is 6.31. The van der Waals surface area contributed by atoms with Crippen LogP contribution in [0, 0.1) is 11.6 Å². The number of nitrogens with zero attached hydrogens (tertiary/aromatic N) is 2. The van der Waals surface area contributed by atoms with Gasteiger partial charge in [-0.15, -0.1) is 0 Å². The van der Waals surface area contributed by atoms with Crippen LogP contribution in [0.2, 0.25) is 5.02 Å². The van der Waals surface area contributed by atoms with Crippen molar-refractivity contribution in [3.8, 4) is 5.75 Å². The minimum absolute atomic E-state index is 0.0763. The molecule has 0 amide bonds. The van der Waals surface area contributed by atoms with Gasteiger partial charge in [-0.2, -0.15) is 4.99 Å². The number of pyridine rings is 1. The van der Waals surface area contributed by atoms with E-state index in [0.717, 1.165) is 0 Å². The van der Waals surface area contributed by atoms with Crippen molar-refractivity contribution in [1.82, 2.24) is 4.98 Å². The van der Waals surface area contributed by atoms with E-state index < -0.39 is 11.6 Å². The molecule has 8 heteroatoms. The summed E-state index contributed by atoms with van der Waals surface area (Å²) in [6.07, 6.45) is 1.50. The van der Waals surface area contributed by atoms with Crippen LogP contribution in [0.5, 0.6) is 5.75 Å². The largest absolute Gasteiger partial charge is 0.485 e. The fraction of sp³-hybridized carbons (Fsp3) is 0.0526. The first kappa shape index (κ1) is 18.6. The molecule has 3 N–H and O–H groups in total. The van der Waals surface area contributed by atoms with Gasteiger partial charge in [0.25, 0.3) is 0 Å². The molecule has 2 aromatic carbocycles. The first-order valence-corrected chi connectivity index (χ1v) is 8.29. The van der Waals surface area contributed by atoms with Crippen LogP contribution in [-0.2, 0) is 6.61 Å². The molecule has 0 aliphatic heterocycles. The number of halogens is 3. The number of para-hydroxylation sites is 1. The van der Waals surface area contributed by atoms with E-state index in [1.807, 2.05) is 0 Å². The van der Waals surface area contributed by atoms with Crippen LogP contribution in [0.1, 0.15) is 5.56 Å². The van der Waals surface area contributed by atoms with Crippen molar-refractivity contribution in [1.29, 1.82) is 0 Å². The molecule has 0 saturated heterocycles. The van der Waals surface area contributed by atoms with E-state index in [0.29, 0.717) is 0 Å². The predicted octanol–water partition coefficient (Wildman–Crippen LogP) is 4.65. The number of ether oxygens (including phenoxy) is 1. The second-order valence-electron chi connectivity index (χ2n) is 5.42. The second-order valence-corrected chi connectivity index (χ2v) is 5.82. The maximum Gasteiger partial charge on any atom is 0.200 e. The molecule has 0 aliphatic rings. The average Bonchev–Trinajstić information content (AvgIpc) is 2.64. The number of nitrogens with one attached hydrogen (secondary N) is 1. The van der Waals surface area contributed by atoms with E-state index in [4.69, 9.17) is 22.1 Å². The van der Waals surface area contributed by atoms with E-state index in [-0.39, 0.29) is 40.4 Å². The molecule has 0 fully saturated rings. The molecule has 3 rings (SSSR count). The molecule has 0 saturated carbocycles. The van der Waals surface area contributed by atoms with Gasteiger partial charge < -0.3 is 15.8 Å². The molecular weight excluding hydrogens is 374 g/mol. The molecule has 138 valence electrons. The van der Waals surface area contributed by atoms with Crippen molar-refractivity contribution < 1.29 is 13.5 Å². The summed E-state index contributed by atoms with van der Waals surface area (Å²) >= 11 is 6.00. The molecule has 27 heavy (non-hydrogen) atoms. The SMILES string of the molecule is N/C(=N\c1ncccc1OCc1c(F)cccc1Cl)Nc1ccccc1F. The third-order valence-corrected chi connectivity index (χ3v) is 3.90. The summed E-state index contributed by atoms with van der Waals surface area (Å²) in [5.41, 5.74) is 6.22. The lowest BCUT2D eigenvalue weighted by molar-refractivity contribution is 0.300. The molecule has 1 heterocycles. The van der Waals surface area contributed by atoms with Gasteiger partial charge in [-0.1, -0.05) is 29.8 Å². The molecule has 0 bridgehead atoms. The van der Waals surface area contributed by atoms with Crippen LogP contribution in [-0.4, -0.2) is 10.9 Å². The number of rotatable bonds is 5. The van der Waals surface area contributed by atoms with Gasteiger partial charge in [0, 0.05) is 11.8 Å². The number of nitrogens with two attached hydrogens (primary N) is 1. The van der Waals surface area contributed by atoms with Gasteiger partial charge in [-0.05, 0) is 36.4 Å². The highest BCUT2D eigenvalue weighted by Gasteiger charge is 2.11. The smallest absolute Gasteiger partial charge is 0.200 e. The van der Waals surface area contributed by atoms with E-state index in [1.54, 1.807) is 30.3 Å². The van der Waals surface area contributed by atoms with Crippen molar-refractivity contribution in [2.45, 2.75) is 6.61 Å². The summed E-state index contributed by atoms with van der Waals surface area (Å²) < 4.78 is 33.2. The Labute approximate surface area is 159 Å². The van der Waals surface area contributed by atoms with Crippen molar-refractivity contribution in [2.75, 3.05) is 5.32 Å². The number of aliphatic imine (C=N–C) groups is 1. The molecule has 0 radical (unpaired) electrons. The quantitative estimate of drug-likeness (QED) is 0.493. The first-order chi connectivity index (χ1) is 13.0. The summed E-state index contributed by atoms with van der Waals surface area (Å²) in [7, 11) is 0. The van der Waals surface area contributed by atoms with Crippen LogP contribution < -0.4 is 15.8 Å². The van der Waals surface area contributed by atoms with Gasteiger partial charge in [-0.25, -0.2) is 13.8 Å². The van der Waals surface area contributed by atoms with Crippen molar-refractivity contribution in [2.24, 2.45) is 10.7 Å². The molecule has 0 spiro atoms. The summed E-state index contributed by atoms with van der Waals surface area (Å²) in [5.74, 6) is -0.589. The van der Waals surface area contributed by atoms with Gasteiger partial charge >= 0.3 is 0 Å². The maximum absolute atomic E-state index is 13.9. The van der Waals surface area contributed by atoms with Gasteiger partial charge in [0.2, 0.25) is 0 Å². The first-order valence-electron chi connectivity index (χ1n) is 7.91. The number of anilines is 1. The monoisotopic (exact) mass is 388 g/mol. The lowest BCUT2D eigenvalue weighted by atomic mass is 10.2. The lowest BCUT2D eigenvalue weighted by Gasteiger charge is -2.11. The third-order valence-electron chi connectivity index (χ3n) is 3.55. The Hall–Kier alpha value is -3.19. The van der Waals surface area contributed by atoms with Gasteiger partial charge in [0.15, 0.2) is 17.5 Å². The zero-order valence-electron chi connectivity index (χ0n) is 14.0. The second kappa shape index (κ2) is 8.46. The van der Waals surface area contributed by atoms with Crippen molar-refractivity contribution >= 4 is 29.1 Å². The third kappa shape index (κ3) is 4.71. The Balaban J connectivity index is 1.78. The standard InChI is InChI=1S/C19H15ClF2N4O/c20-13-5-3-7-14(21)12(13)11-27-17-9-4-10-24-18(17)26-19(23)25-16-8-2-1-6-15(16)22/h1-10H,11H2,(H3,23,24,25,26). The maximum atomic E-state index is 13.9. The van der Waals surface area contributed by atoms with Gasteiger partial charge in [-0.3, -0.25) is 0 Å². The summed E-state index contributed by atoms with van der Waals surface area (Å²) in [6.45, 7) is -0.111. The van der Waals surface area contributed by atoms with Crippen molar-refractivity contribution in [3.05, 3.63) is 83.0 Å². The molecule has 0 unspecified atom stereocenters. The van der Waals surface area contributed by atoms with Crippen LogP contribution in [0.15, 0.2) is 65.8 Å². The van der Waals surface area contributed by atoms with Crippen molar-refractivity contribution in [3.63, 3.8) is 0 Å². The van der Waals surface area contributed by atoms with Crippen LogP contribution in [0.3, 0.4) is 0 Å². The Morgan fingerprint density at radius 2 is 1.85 bits per heavy atom. The topological polar surface area (TPSA) is 72.5 Å². The Morgan fingerprint density at radius 3 is 2.63 bits per heavy atom. The zero-order valence-corrected chi connectivity index (χ0v) is 14.8. The Morgan fingerprint density at radius 1 is 1.07 bits per heavy atom.